The summed E-state index contributed by atoms with van der Waals surface area (Å²) in [6.07, 6.45) is 2.13. The van der Waals surface area contributed by atoms with Crippen LogP contribution in [0.4, 0.5) is 4.39 Å². The topological polar surface area (TPSA) is 54.7 Å². The first-order chi connectivity index (χ1) is 13.0. The van der Waals surface area contributed by atoms with Crippen molar-refractivity contribution in [1.29, 1.82) is 0 Å². The molecule has 1 aromatic carbocycles. The van der Waals surface area contributed by atoms with Gasteiger partial charge in [-0.3, -0.25) is 9.69 Å². The Balaban J connectivity index is 1.74. The third-order valence-corrected chi connectivity index (χ3v) is 5.68. The van der Waals surface area contributed by atoms with Crippen LogP contribution < -0.4 is 5.32 Å². The number of amides is 1. The number of rotatable bonds is 7. The van der Waals surface area contributed by atoms with Gasteiger partial charge in [0.15, 0.2) is 5.76 Å². The third-order valence-electron chi connectivity index (χ3n) is 5.68. The molecule has 3 rings (SSSR count). The summed E-state index contributed by atoms with van der Waals surface area (Å²) >= 11 is 0. The highest BCUT2D eigenvalue weighted by molar-refractivity contribution is 5.98. The van der Waals surface area contributed by atoms with Gasteiger partial charge >= 0.3 is 0 Å². The number of carbonyl (C=O) groups is 1. The SMILES string of the molecule is CCC(CC)C(CNC(=O)c1oc2ccc(F)cc2c1C)N1CCOCC1. The summed E-state index contributed by atoms with van der Waals surface area (Å²) in [5.41, 5.74) is 1.20. The Morgan fingerprint density at radius 2 is 1.96 bits per heavy atom. The van der Waals surface area contributed by atoms with E-state index in [1.165, 1.54) is 12.1 Å². The second kappa shape index (κ2) is 8.85. The fraction of sp³-hybridized carbons (Fsp3) is 0.571. The number of benzene rings is 1. The van der Waals surface area contributed by atoms with Gasteiger partial charge in [-0.25, -0.2) is 4.39 Å². The Morgan fingerprint density at radius 1 is 1.26 bits per heavy atom. The molecule has 1 aliphatic heterocycles. The van der Waals surface area contributed by atoms with Crippen molar-refractivity contribution < 1.29 is 18.3 Å². The van der Waals surface area contributed by atoms with E-state index in [0.29, 0.717) is 29.0 Å². The highest BCUT2D eigenvalue weighted by atomic mass is 19.1. The lowest BCUT2D eigenvalue weighted by atomic mass is 9.92. The monoisotopic (exact) mass is 376 g/mol. The molecule has 1 amide bonds. The number of carbonyl (C=O) groups excluding carboxylic acids is 1. The molecule has 1 atom stereocenters. The van der Waals surface area contributed by atoms with Crippen molar-refractivity contribution >= 4 is 16.9 Å². The molecule has 1 N–H and O–H groups in total. The molecule has 0 radical (unpaired) electrons. The third kappa shape index (κ3) is 4.33. The van der Waals surface area contributed by atoms with E-state index in [9.17, 15) is 9.18 Å². The van der Waals surface area contributed by atoms with Crippen LogP contribution in [0, 0.1) is 18.7 Å². The summed E-state index contributed by atoms with van der Waals surface area (Å²) in [5.74, 6) is 0.197. The minimum absolute atomic E-state index is 0.242. The molecule has 0 aliphatic carbocycles. The Morgan fingerprint density at radius 3 is 2.63 bits per heavy atom. The fourth-order valence-electron chi connectivity index (χ4n) is 4.02. The van der Waals surface area contributed by atoms with E-state index >= 15 is 0 Å². The molecule has 6 heteroatoms. The summed E-state index contributed by atoms with van der Waals surface area (Å²) in [4.78, 5) is 15.2. The lowest BCUT2D eigenvalue weighted by Gasteiger charge is -2.38. The number of hydrogen-bond donors (Lipinski definition) is 1. The molecule has 27 heavy (non-hydrogen) atoms. The van der Waals surface area contributed by atoms with Crippen molar-refractivity contribution in [3.8, 4) is 0 Å². The van der Waals surface area contributed by atoms with Gasteiger partial charge in [0.25, 0.3) is 5.91 Å². The van der Waals surface area contributed by atoms with E-state index < -0.39 is 0 Å². The summed E-state index contributed by atoms with van der Waals surface area (Å²) in [7, 11) is 0. The number of furan rings is 1. The van der Waals surface area contributed by atoms with Gasteiger partial charge in [0.1, 0.15) is 11.4 Å². The zero-order chi connectivity index (χ0) is 19.4. The molecule has 5 nitrogen and oxygen atoms in total. The zero-order valence-corrected chi connectivity index (χ0v) is 16.4. The predicted molar refractivity (Wildman–Crippen MR) is 103 cm³/mol. The van der Waals surface area contributed by atoms with Crippen LogP contribution in [0.3, 0.4) is 0 Å². The van der Waals surface area contributed by atoms with Gasteiger partial charge in [0.2, 0.25) is 0 Å². The van der Waals surface area contributed by atoms with Crippen LogP contribution in [0.2, 0.25) is 0 Å². The minimum Gasteiger partial charge on any atom is -0.451 e. The van der Waals surface area contributed by atoms with Crippen LogP contribution in [0.15, 0.2) is 22.6 Å². The number of ether oxygens (including phenoxy) is 1. The normalized spacial score (nSPS) is 16.8. The Kier molecular flexibility index (Phi) is 6.50. The Hall–Kier alpha value is -1.92. The van der Waals surface area contributed by atoms with E-state index in [2.05, 4.69) is 24.1 Å². The lowest BCUT2D eigenvalue weighted by Crippen LogP contribution is -2.52. The van der Waals surface area contributed by atoms with Crippen molar-refractivity contribution in [3.63, 3.8) is 0 Å². The van der Waals surface area contributed by atoms with Gasteiger partial charge in [0, 0.05) is 36.6 Å². The maximum Gasteiger partial charge on any atom is 0.287 e. The van der Waals surface area contributed by atoms with Crippen LogP contribution in [-0.4, -0.2) is 49.7 Å². The largest absolute Gasteiger partial charge is 0.451 e. The molecule has 1 aliphatic rings. The Bertz CT molecular complexity index is 779. The smallest absolute Gasteiger partial charge is 0.287 e. The lowest BCUT2D eigenvalue weighted by molar-refractivity contribution is 0.00185. The molecule has 1 fully saturated rings. The highest BCUT2D eigenvalue weighted by Crippen LogP contribution is 2.26. The molecule has 1 unspecified atom stereocenters. The van der Waals surface area contributed by atoms with E-state index in [-0.39, 0.29) is 23.5 Å². The van der Waals surface area contributed by atoms with Crippen molar-refractivity contribution in [2.75, 3.05) is 32.8 Å². The fourth-order valence-corrected chi connectivity index (χ4v) is 4.02. The van der Waals surface area contributed by atoms with Gasteiger partial charge in [-0.2, -0.15) is 0 Å². The number of nitrogens with one attached hydrogen (secondary N) is 1. The first-order valence-electron chi connectivity index (χ1n) is 9.83. The summed E-state index contributed by atoms with van der Waals surface area (Å²) < 4.78 is 24.7. The van der Waals surface area contributed by atoms with Crippen molar-refractivity contribution in [2.24, 2.45) is 5.92 Å². The number of halogens is 1. The maximum absolute atomic E-state index is 13.5. The molecule has 148 valence electrons. The molecule has 0 saturated carbocycles. The molecule has 0 spiro atoms. The number of hydrogen-bond acceptors (Lipinski definition) is 4. The molecule has 2 aromatic rings. The maximum atomic E-state index is 13.5. The van der Waals surface area contributed by atoms with Crippen molar-refractivity contribution in [3.05, 3.63) is 35.3 Å². The molecule has 1 saturated heterocycles. The summed E-state index contributed by atoms with van der Waals surface area (Å²) in [5, 5.41) is 3.70. The second-order valence-corrected chi connectivity index (χ2v) is 7.20. The van der Waals surface area contributed by atoms with Crippen LogP contribution in [0.5, 0.6) is 0 Å². The molecule has 0 bridgehead atoms. The van der Waals surface area contributed by atoms with Crippen LogP contribution in [0.1, 0.15) is 42.8 Å². The number of morpholine rings is 1. The molecular weight excluding hydrogens is 347 g/mol. The predicted octanol–water partition coefficient (Wildman–Crippen LogP) is 3.75. The van der Waals surface area contributed by atoms with E-state index in [0.717, 1.165) is 39.1 Å². The average molecular weight is 376 g/mol. The van der Waals surface area contributed by atoms with Crippen LogP contribution >= 0.6 is 0 Å². The summed E-state index contributed by atoms with van der Waals surface area (Å²) in [6, 6.07) is 4.59. The van der Waals surface area contributed by atoms with Crippen molar-refractivity contribution in [2.45, 2.75) is 39.7 Å². The highest BCUT2D eigenvalue weighted by Gasteiger charge is 2.28. The second-order valence-electron chi connectivity index (χ2n) is 7.20. The van der Waals surface area contributed by atoms with Gasteiger partial charge in [0.05, 0.1) is 13.2 Å². The standard InChI is InChI=1S/C21H29FN2O3/c1-4-15(5-2)18(24-8-10-26-11-9-24)13-23-21(25)20-14(3)17-12-16(22)6-7-19(17)27-20/h6-7,12,15,18H,4-5,8-11,13H2,1-3H3,(H,23,25). The number of nitrogens with zero attached hydrogens (tertiary/aromatic N) is 1. The summed E-state index contributed by atoms with van der Waals surface area (Å²) in [6.45, 7) is 10.00. The molecular formula is C21H29FN2O3. The van der Waals surface area contributed by atoms with E-state index in [4.69, 9.17) is 9.15 Å². The van der Waals surface area contributed by atoms with Crippen LogP contribution in [0.25, 0.3) is 11.0 Å². The number of fused-ring (bicyclic) bond motifs is 1. The van der Waals surface area contributed by atoms with E-state index in [1.54, 1.807) is 13.0 Å². The molecule has 1 aromatic heterocycles. The van der Waals surface area contributed by atoms with Gasteiger partial charge in [-0.05, 0) is 31.0 Å². The van der Waals surface area contributed by atoms with Crippen molar-refractivity contribution in [1.82, 2.24) is 10.2 Å². The number of aryl methyl sites for hydroxylation is 1. The first-order valence-corrected chi connectivity index (χ1v) is 9.83. The zero-order valence-electron chi connectivity index (χ0n) is 16.4. The van der Waals surface area contributed by atoms with Gasteiger partial charge in [-0.1, -0.05) is 26.7 Å². The van der Waals surface area contributed by atoms with Crippen LogP contribution in [-0.2, 0) is 4.74 Å². The quantitative estimate of drug-likeness (QED) is 0.800. The molecule has 2 heterocycles. The average Bonchev–Trinajstić information content (AvgIpc) is 3.02. The van der Waals surface area contributed by atoms with E-state index in [1.807, 2.05) is 0 Å². The van der Waals surface area contributed by atoms with Gasteiger partial charge in [-0.15, -0.1) is 0 Å². The van der Waals surface area contributed by atoms with Gasteiger partial charge < -0.3 is 14.5 Å². The first kappa shape index (κ1) is 19.8. The Labute approximate surface area is 159 Å². The minimum atomic E-state index is -0.334.